The molecule has 0 radical (unpaired) electrons. The molecule has 1 aromatic carbocycles. The fourth-order valence-electron chi connectivity index (χ4n) is 3.26. The van der Waals surface area contributed by atoms with Crippen LogP contribution in [0.1, 0.15) is 30.7 Å². The van der Waals surface area contributed by atoms with Gasteiger partial charge in [-0.1, -0.05) is 17.7 Å². The van der Waals surface area contributed by atoms with E-state index in [1.54, 1.807) is 12.1 Å². The van der Waals surface area contributed by atoms with Gasteiger partial charge in [0, 0.05) is 10.6 Å². The molecular formula is C14H15ClF2N2O2. The maximum absolute atomic E-state index is 12.5. The standard InChI is InChI=1S/C14H15ClF2N2O2/c15-8-2-1-3-11(21-13(16)17)12(8)7-4-5-9-10(6-7)19-14(20)18-9/h1-3,7,9-10,13H,4-6H2,(H2,18,19,20). The Hall–Kier alpha value is -1.56. The zero-order valence-electron chi connectivity index (χ0n) is 11.1. The monoisotopic (exact) mass is 316 g/mol. The first kappa shape index (κ1) is 14.4. The number of hydrogen-bond acceptors (Lipinski definition) is 2. The second-order valence-corrected chi connectivity index (χ2v) is 5.78. The molecule has 2 N–H and O–H groups in total. The summed E-state index contributed by atoms with van der Waals surface area (Å²) in [6.07, 6.45) is 2.21. The molecular weight excluding hydrogens is 302 g/mol. The molecule has 1 aliphatic heterocycles. The van der Waals surface area contributed by atoms with Gasteiger partial charge < -0.3 is 15.4 Å². The van der Waals surface area contributed by atoms with E-state index >= 15 is 0 Å². The lowest BCUT2D eigenvalue weighted by atomic mass is 9.79. The number of hydrogen-bond donors (Lipinski definition) is 2. The smallest absolute Gasteiger partial charge is 0.387 e. The number of nitrogens with one attached hydrogen (secondary N) is 2. The van der Waals surface area contributed by atoms with E-state index < -0.39 is 6.61 Å². The molecule has 1 saturated heterocycles. The molecule has 1 saturated carbocycles. The van der Waals surface area contributed by atoms with Gasteiger partial charge in [0.15, 0.2) is 0 Å². The lowest BCUT2D eigenvalue weighted by Gasteiger charge is -2.32. The largest absolute Gasteiger partial charge is 0.434 e. The van der Waals surface area contributed by atoms with Crippen LogP contribution < -0.4 is 15.4 Å². The minimum absolute atomic E-state index is 0.00565. The summed E-state index contributed by atoms with van der Waals surface area (Å²) in [6.45, 7) is -2.88. The van der Waals surface area contributed by atoms with Crippen molar-refractivity contribution in [2.45, 2.75) is 43.9 Å². The van der Waals surface area contributed by atoms with Crippen molar-refractivity contribution >= 4 is 17.6 Å². The van der Waals surface area contributed by atoms with Gasteiger partial charge in [-0.15, -0.1) is 0 Å². The zero-order valence-corrected chi connectivity index (χ0v) is 11.9. The van der Waals surface area contributed by atoms with Crippen LogP contribution in [0, 0.1) is 0 Å². The predicted octanol–water partition coefficient (Wildman–Crippen LogP) is 3.26. The van der Waals surface area contributed by atoms with Crippen molar-refractivity contribution in [1.82, 2.24) is 10.6 Å². The summed E-state index contributed by atoms with van der Waals surface area (Å²) in [4.78, 5) is 11.4. The van der Waals surface area contributed by atoms with Crippen LogP contribution in [-0.4, -0.2) is 24.7 Å². The average Bonchev–Trinajstić information content (AvgIpc) is 2.77. The highest BCUT2D eigenvalue weighted by molar-refractivity contribution is 6.31. The van der Waals surface area contributed by atoms with Gasteiger partial charge in [-0.3, -0.25) is 0 Å². The molecule has 1 aliphatic carbocycles. The fraction of sp³-hybridized carbons (Fsp3) is 0.500. The molecule has 1 heterocycles. The lowest BCUT2D eigenvalue weighted by Crippen LogP contribution is -2.39. The van der Waals surface area contributed by atoms with Gasteiger partial charge in [0.2, 0.25) is 0 Å². The molecule has 3 atom stereocenters. The van der Waals surface area contributed by atoms with Crippen LogP contribution in [0.25, 0.3) is 0 Å². The number of halogens is 3. The first-order chi connectivity index (χ1) is 10.0. The zero-order chi connectivity index (χ0) is 15.0. The topological polar surface area (TPSA) is 50.4 Å². The SMILES string of the molecule is O=C1NC2CCC(c3c(Cl)cccc3OC(F)F)CC2N1. The van der Waals surface area contributed by atoms with Crippen molar-refractivity contribution in [1.29, 1.82) is 0 Å². The molecule has 0 spiro atoms. The van der Waals surface area contributed by atoms with E-state index in [0.717, 1.165) is 12.8 Å². The Kier molecular flexibility index (Phi) is 3.89. The van der Waals surface area contributed by atoms with E-state index in [1.807, 2.05) is 0 Å². The number of carbonyl (C=O) groups is 1. The van der Waals surface area contributed by atoms with Gasteiger partial charge in [0.25, 0.3) is 0 Å². The van der Waals surface area contributed by atoms with Crippen molar-refractivity contribution in [2.24, 2.45) is 0 Å². The first-order valence-electron chi connectivity index (χ1n) is 6.85. The Morgan fingerprint density at radius 1 is 1.24 bits per heavy atom. The Bertz CT molecular complexity index is 556. The second kappa shape index (κ2) is 5.67. The maximum Gasteiger partial charge on any atom is 0.387 e. The lowest BCUT2D eigenvalue weighted by molar-refractivity contribution is -0.0507. The number of fused-ring (bicyclic) bond motifs is 1. The third kappa shape index (κ3) is 2.90. The second-order valence-electron chi connectivity index (χ2n) is 5.37. The summed E-state index contributed by atoms with van der Waals surface area (Å²) in [7, 11) is 0. The van der Waals surface area contributed by atoms with E-state index in [0.29, 0.717) is 17.0 Å². The summed E-state index contributed by atoms with van der Waals surface area (Å²) in [5.74, 6) is 0.118. The molecule has 21 heavy (non-hydrogen) atoms. The number of carbonyl (C=O) groups excluding carboxylic acids is 1. The Morgan fingerprint density at radius 2 is 2.00 bits per heavy atom. The van der Waals surface area contributed by atoms with E-state index in [4.69, 9.17) is 11.6 Å². The highest BCUT2D eigenvalue weighted by Gasteiger charge is 2.38. The number of benzene rings is 1. The number of rotatable bonds is 3. The van der Waals surface area contributed by atoms with Gasteiger partial charge in [-0.05, 0) is 37.3 Å². The summed E-state index contributed by atoms with van der Waals surface area (Å²) in [5, 5.41) is 6.13. The van der Waals surface area contributed by atoms with Gasteiger partial charge in [0.05, 0.1) is 12.1 Å². The van der Waals surface area contributed by atoms with Gasteiger partial charge in [-0.25, -0.2) is 4.79 Å². The molecule has 2 amide bonds. The van der Waals surface area contributed by atoms with E-state index in [9.17, 15) is 13.6 Å². The van der Waals surface area contributed by atoms with E-state index in [1.165, 1.54) is 6.07 Å². The predicted molar refractivity (Wildman–Crippen MR) is 73.9 cm³/mol. The maximum atomic E-state index is 12.5. The van der Waals surface area contributed by atoms with Crippen LogP contribution in [0.4, 0.5) is 13.6 Å². The number of amides is 2. The van der Waals surface area contributed by atoms with Crippen LogP contribution in [0.5, 0.6) is 5.75 Å². The van der Waals surface area contributed by atoms with Crippen LogP contribution in [-0.2, 0) is 0 Å². The van der Waals surface area contributed by atoms with Crippen molar-refractivity contribution in [2.75, 3.05) is 0 Å². The van der Waals surface area contributed by atoms with Gasteiger partial charge >= 0.3 is 12.6 Å². The van der Waals surface area contributed by atoms with Crippen molar-refractivity contribution < 1.29 is 18.3 Å². The van der Waals surface area contributed by atoms with Crippen LogP contribution in [0.3, 0.4) is 0 Å². The van der Waals surface area contributed by atoms with Crippen molar-refractivity contribution in [3.63, 3.8) is 0 Å². The van der Waals surface area contributed by atoms with Crippen LogP contribution in [0.2, 0.25) is 5.02 Å². The van der Waals surface area contributed by atoms with Gasteiger partial charge in [-0.2, -0.15) is 8.78 Å². The number of ether oxygens (including phenoxy) is 1. The molecule has 0 aromatic heterocycles. The third-order valence-electron chi connectivity index (χ3n) is 4.12. The minimum atomic E-state index is -2.88. The molecule has 114 valence electrons. The van der Waals surface area contributed by atoms with Crippen LogP contribution in [0.15, 0.2) is 18.2 Å². The molecule has 0 bridgehead atoms. The quantitative estimate of drug-likeness (QED) is 0.899. The minimum Gasteiger partial charge on any atom is -0.434 e. The molecule has 7 heteroatoms. The molecule has 4 nitrogen and oxygen atoms in total. The third-order valence-corrected chi connectivity index (χ3v) is 4.45. The summed E-state index contributed by atoms with van der Waals surface area (Å²) >= 11 is 6.19. The molecule has 3 unspecified atom stereocenters. The number of alkyl halides is 2. The Labute approximate surface area is 125 Å². The highest BCUT2D eigenvalue weighted by atomic mass is 35.5. The first-order valence-corrected chi connectivity index (χ1v) is 7.22. The van der Waals surface area contributed by atoms with Gasteiger partial charge in [0.1, 0.15) is 5.75 Å². The van der Waals surface area contributed by atoms with Crippen molar-refractivity contribution in [3.8, 4) is 5.75 Å². The average molecular weight is 317 g/mol. The van der Waals surface area contributed by atoms with E-state index in [-0.39, 0.29) is 29.8 Å². The normalized spacial score (nSPS) is 28.0. The summed E-state index contributed by atoms with van der Waals surface area (Å²) in [6, 6.07) is 4.71. The molecule has 2 aliphatic rings. The summed E-state index contributed by atoms with van der Waals surface area (Å²) in [5.41, 5.74) is 0.610. The Morgan fingerprint density at radius 3 is 2.76 bits per heavy atom. The molecule has 2 fully saturated rings. The fourth-order valence-corrected chi connectivity index (χ4v) is 3.58. The number of urea groups is 1. The molecule has 1 aromatic rings. The molecule has 3 rings (SSSR count). The van der Waals surface area contributed by atoms with Crippen LogP contribution >= 0.6 is 11.6 Å². The highest BCUT2D eigenvalue weighted by Crippen LogP contribution is 2.42. The summed E-state index contributed by atoms with van der Waals surface area (Å²) < 4.78 is 29.7. The van der Waals surface area contributed by atoms with E-state index in [2.05, 4.69) is 15.4 Å². The Balaban J connectivity index is 1.85. The van der Waals surface area contributed by atoms with Crippen molar-refractivity contribution in [3.05, 3.63) is 28.8 Å².